The van der Waals surface area contributed by atoms with Gasteiger partial charge in [0.25, 0.3) is 0 Å². The van der Waals surface area contributed by atoms with Crippen molar-refractivity contribution in [3.05, 3.63) is 29.0 Å². The molecular weight excluding hydrogens is 247 g/mol. The van der Waals surface area contributed by atoms with E-state index in [2.05, 4.69) is 24.5 Å². The number of hydrogen-bond donors (Lipinski definition) is 2. The number of anilines is 1. The van der Waals surface area contributed by atoms with Crippen LogP contribution in [0, 0.1) is 11.7 Å². The molecule has 2 N–H and O–H groups in total. The molecule has 1 rings (SSSR count). The molecule has 0 aliphatic carbocycles. The van der Waals surface area contributed by atoms with Gasteiger partial charge < -0.3 is 10.6 Å². The smallest absolute Gasteiger partial charge is 0.170 e. The van der Waals surface area contributed by atoms with Crippen LogP contribution in [0.2, 0.25) is 5.02 Å². The minimum atomic E-state index is -0.387. The highest BCUT2D eigenvalue weighted by Crippen LogP contribution is 2.17. The van der Waals surface area contributed by atoms with Crippen LogP contribution in [-0.4, -0.2) is 11.7 Å². The molecule has 0 aliphatic heterocycles. The summed E-state index contributed by atoms with van der Waals surface area (Å²) < 4.78 is 13.0. The Labute approximate surface area is 105 Å². The van der Waals surface area contributed by atoms with E-state index in [0.717, 1.165) is 6.54 Å². The Morgan fingerprint density at radius 3 is 2.69 bits per heavy atom. The monoisotopic (exact) mass is 260 g/mol. The summed E-state index contributed by atoms with van der Waals surface area (Å²) in [5.74, 6) is 0.109. The molecular formula is C11H14ClFN2S. The molecule has 0 amide bonds. The van der Waals surface area contributed by atoms with Crippen molar-refractivity contribution in [1.82, 2.24) is 5.32 Å². The van der Waals surface area contributed by atoms with Crippen molar-refractivity contribution >= 4 is 34.6 Å². The molecule has 0 atom stereocenters. The van der Waals surface area contributed by atoms with Gasteiger partial charge in [0, 0.05) is 17.3 Å². The van der Waals surface area contributed by atoms with Gasteiger partial charge >= 0.3 is 0 Å². The zero-order chi connectivity index (χ0) is 12.1. The number of benzene rings is 1. The van der Waals surface area contributed by atoms with Crippen molar-refractivity contribution in [1.29, 1.82) is 0 Å². The van der Waals surface area contributed by atoms with Gasteiger partial charge in [-0.2, -0.15) is 0 Å². The first-order valence-electron chi connectivity index (χ1n) is 4.98. The summed E-state index contributed by atoms with van der Waals surface area (Å²) in [7, 11) is 0. The molecule has 1 aromatic carbocycles. The standard InChI is InChI=1S/C11H14ClFN2S/c1-7(2)6-14-11(16)15-10-4-8(12)3-9(13)5-10/h3-5,7H,6H2,1-2H3,(H2,14,15,16). The largest absolute Gasteiger partial charge is 0.362 e. The Bertz CT molecular complexity index is 362. The first kappa shape index (κ1) is 13.2. The fourth-order valence-electron chi connectivity index (χ4n) is 1.10. The molecule has 0 aliphatic rings. The Kier molecular flexibility index (Phi) is 4.96. The third kappa shape index (κ3) is 4.77. The second-order valence-corrected chi connectivity index (χ2v) is 4.73. The Morgan fingerprint density at radius 2 is 2.12 bits per heavy atom. The predicted octanol–water partition coefficient (Wildman–Crippen LogP) is 3.42. The van der Waals surface area contributed by atoms with Gasteiger partial charge in [-0.1, -0.05) is 25.4 Å². The predicted molar refractivity (Wildman–Crippen MR) is 70.5 cm³/mol. The van der Waals surface area contributed by atoms with E-state index in [-0.39, 0.29) is 5.82 Å². The molecule has 2 nitrogen and oxygen atoms in total. The number of halogens is 2. The van der Waals surface area contributed by atoms with Crippen LogP contribution in [-0.2, 0) is 0 Å². The topological polar surface area (TPSA) is 24.1 Å². The summed E-state index contributed by atoms with van der Waals surface area (Å²) in [4.78, 5) is 0. The van der Waals surface area contributed by atoms with Crippen molar-refractivity contribution in [2.75, 3.05) is 11.9 Å². The number of rotatable bonds is 3. The molecule has 16 heavy (non-hydrogen) atoms. The third-order valence-electron chi connectivity index (χ3n) is 1.79. The van der Waals surface area contributed by atoms with Gasteiger partial charge in [-0.3, -0.25) is 0 Å². The molecule has 0 saturated heterocycles. The summed E-state index contributed by atoms with van der Waals surface area (Å²) in [5.41, 5.74) is 0.547. The first-order chi connectivity index (χ1) is 7.47. The number of thiocarbonyl (C=S) groups is 1. The fraction of sp³-hybridized carbons (Fsp3) is 0.364. The highest BCUT2D eigenvalue weighted by Gasteiger charge is 2.02. The zero-order valence-electron chi connectivity index (χ0n) is 9.18. The van der Waals surface area contributed by atoms with E-state index in [1.54, 1.807) is 6.07 Å². The molecule has 0 aromatic heterocycles. The summed E-state index contributed by atoms with van der Waals surface area (Å²) in [6, 6.07) is 4.21. The van der Waals surface area contributed by atoms with Crippen molar-refractivity contribution in [2.45, 2.75) is 13.8 Å². The average Bonchev–Trinajstić information content (AvgIpc) is 2.12. The molecule has 0 unspecified atom stereocenters. The van der Waals surface area contributed by atoms with Gasteiger partial charge in [-0.05, 0) is 36.3 Å². The maximum atomic E-state index is 13.0. The maximum Gasteiger partial charge on any atom is 0.170 e. The van der Waals surface area contributed by atoms with E-state index < -0.39 is 0 Å². The van der Waals surface area contributed by atoms with Gasteiger partial charge in [0.2, 0.25) is 0 Å². The summed E-state index contributed by atoms with van der Waals surface area (Å²) >= 11 is 10.8. The van der Waals surface area contributed by atoms with Crippen LogP contribution >= 0.6 is 23.8 Å². The highest BCUT2D eigenvalue weighted by atomic mass is 35.5. The Morgan fingerprint density at radius 1 is 1.44 bits per heavy atom. The van der Waals surface area contributed by atoms with Gasteiger partial charge in [0.1, 0.15) is 5.82 Å². The lowest BCUT2D eigenvalue weighted by molar-refractivity contribution is 0.626. The Balaban J connectivity index is 2.56. The quantitative estimate of drug-likeness (QED) is 0.815. The molecule has 88 valence electrons. The van der Waals surface area contributed by atoms with Crippen LogP contribution in [0.25, 0.3) is 0 Å². The average molecular weight is 261 g/mol. The molecule has 5 heteroatoms. The molecule has 0 spiro atoms. The van der Waals surface area contributed by atoms with E-state index in [9.17, 15) is 4.39 Å². The maximum absolute atomic E-state index is 13.0. The SMILES string of the molecule is CC(C)CNC(=S)Nc1cc(F)cc(Cl)c1. The van der Waals surface area contributed by atoms with E-state index in [1.165, 1.54) is 12.1 Å². The van der Waals surface area contributed by atoms with Crippen molar-refractivity contribution in [2.24, 2.45) is 5.92 Å². The highest BCUT2D eigenvalue weighted by molar-refractivity contribution is 7.80. The summed E-state index contributed by atoms with van der Waals surface area (Å²) in [5, 5.41) is 6.71. The van der Waals surface area contributed by atoms with Crippen molar-refractivity contribution < 1.29 is 4.39 Å². The van der Waals surface area contributed by atoms with Gasteiger partial charge in [-0.25, -0.2) is 4.39 Å². The third-order valence-corrected chi connectivity index (χ3v) is 2.26. The lowest BCUT2D eigenvalue weighted by atomic mass is 10.2. The lowest BCUT2D eigenvalue weighted by Crippen LogP contribution is -2.31. The lowest BCUT2D eigenvalue weighted by Gasteiger charge is -2.12. The van der Waals surface area contributed by atoms with Crippen LogP contribution in [0.3, 0.4) is 0 Å². The van der Waals surface area contributed by atoms with Crippen molar-refractivity contribution in [3.8, 4) is 0 Å². The van der Waals surface area contributed by atoms with E-state index in [0.29, 0.717) is 21.7 Å². The molecule has 0 fully saturated rings. The second kappa shape index (κ2) is 6.01. The van der Waals surface area contributed by atoms with Crippen LogP contribution in [0.1, 0.15) is 13.8 Å². The van der Waals surface area contributed by atoms with Crippen LogP contribution in [0.4, 0.5) is 10.1 Å². The second-order valence-electron chi connectivity index (χ2n) is 3.89. The molecule has 0 radical (unpaired) electrons. The van der Waals surface area contributed by atoms with E-state index in [1.807, 2.05) is 0 Å². The minimum absolute atomic E-state index is 0.342. The molecule has 0 bridgehead atoms. The van der Waals surface area contributed by atoms with Gasteiger partial charge in [-0.15, -0.1) is 0 Å². The number of nitrogens with one attached hydrogen (secondary N) is 2. The van der Waals surface area contributed by atoms with Crippen LogP contribution in [0.5, 0.6) is 0 Å². The van der Waals surface area contributed by atoms with Crippen LogP contribution in [0.15, 0.2) is 18.2 Å². The molecule has 0 saturated carbocycles. The Hall–Kier alpha value is -0.870. The van der Waals surface area contributed by atoms with E-state index in [4.69, 9.17) is 23.8 Å². The first-order valence-corrected chi connectivity index (χ1v) is 5.77. The summed E-state index contributed by atoms with van der Waals surface area (Å²) in [6.45, 7) is 4.93. The van der Waals surface area contributed by atoms with Crippen molar-refractivity contribution in [3.63, 3.8) is 0 Å². The number of hydrogen-bond acceptors (Lipinski definition) is 1. The zero-order valence-corrected chi connectivity index (χ0v) is 10.8. The molecule has 0 heterocycles. The minimum Gasteiger partial charge on any atom is -0.362 e. The van der Waals surface area contributed by atoms with Gasteiger partial charge in [0.15, 0.2) is 5.11 Å². The van der Waals surface area contributed by atoms with E-state index >= 15 is 0 Å². The molecule has 1 aromatic rings. The van der Waals surface area contributed by atoms with Gasteiger partial charge in [0.05, 0.1) is 0 Å². The normalized spacial score (nSPS) is 10.3. The fourth-order valence-corrected chi connectivity index (χ4v) is 1.52. The van der Waals surface area contributed by atoms with Crippen LogP contribution < -0.4 is 10.6 Å². The summed E-state index contributed by atoms with van der Waals surface area (Å²) in [6.07, 6.45) is 0.